The molecule has 1 unspecified atom stereocenters. The summed E-state index contributed by atoms with van der Waals surface area (Å²) in [4.78, 5) is 4.62. The minimum absolute atomic E-state index is 0.235. The number of aryl methyl sites for hydroxylation is 2. The monoisotopic (exact) mass is 444 g/mol. The Hall–Kier alpha value is -3.32. The van der Waals surface area contributed by atoms with Crippen LogP contribution in [0.5, 0.6) is 0 Å². The van der Waals surface area contributed by atoms with Gasteiger partial charge in [0.25, 0.3) is 5.89 Å². The molecule has 6 nitrogen and oxygen atoms in total. The lowest BCUT2D eigenvalue weighted by atomic mass is 9.94. The molecule has 3 aromatic carbocycles. The molecule has 0 aliphatic rings. The first-order valence-electron chi connectivity index (χ1n) is 11.0. The summed E-state index contributed by atoms with van der Waals surface area (Å²) >= 11 is 0. The maximum atomic E-state index is 9.60. The molecular weight excluding hydrogens is 416 g/mol. The van der Waals surface area contributed by atoms with Gasteiger partial charge in [-0.05, 0) is 65.8 Å². The molecule has 0 fully saturated rings. The lowest BCUT2D eigenvalue weighted by molar-refractivity contribution is 0.0886. The first-order chi connectivity index (χ1) is 16.1. The summed E-state index contributed by atoms with van der Waals surface area (Å²) in [5.74, 6) is 0.950. The molecule has 0 bridgehead atoms. The number of aliphatic hydroxyl groups is 2. The van der Waals surface area contributed by atoms with Crippen LogP contribution in [0.4, 0.5) is 0 Å². The van der Waals surface area contributed by atoms with Gasteiger partial charge in [0.05, 0.1) is 19.3 Å². The Kier molecular flexibility index (Phi) is 7.29. The fraction of sp³-hybridized carbons (Fsp3) is 0.259. The SMILES string of the molecule is COCc1cc(-c2nc(-c3cccc(CCC(O)CO)c3)no2)ccc1-c1ccccc1C. The zero-order valence-electron chi connectivity index (χ0n) is 18.9. The molecule has 1 atom stereocenters. The number of hydrogen-bond acceptors (Lipinski definition) is 6. The fourth-order valence-corrected chi connectivity index (χ4v) is 3.89. The third-order valence-electron chi connectivity index (χ3n) is 5.68. The zero-order valence-corrected chi connectivity index (χ0v) is 18.9. The lowest BCUT2D eigenvalue weighted by Gasteiger charge is -2.12. The van der Waals surface area contributed by atoms with Gasteiger partial charge in [-0.15, -0.1) is 0 Å². The molecule has 1 heterocycles. The summed E-state index contributed by atoms with van der Waals surface area (Å²) < 4.78 is 11.0. The van der Waals surface area contributed by atoms with Crippen molar-refractivity contribution in [3.8, 4) is 34.0 Å². The van der Waals surface area contributed by atoms with E-state index in [9.17, 15) is 5.11 Å². The smallest absolute Gasteiger partial charge is 0.258 e. The van der Waals surface area contributed by atoms with Crippen LogP contribution in [0.1, 0.15) is 23.1 Å². The third-order valence-corrected chi connectivity index (χ3v) is 5.68. The van der Waals surface area contributed by atoms with E-state index in [4.69, 9.17) is 14.4 Å². The molecule has 0 aliphatic heterocycles. The molecule has 4 aromatic rings. The molecule has 1 aromatic heterocycles. The van der Waals surface area contributed by atoms with Gasteiger partial charge < -0.3 is 19.5 Å². The Bertz CT molecular complexity index is 1220. The Morgan fingerprint density at radius 2 is 1.82 bits per heavy atom. The highest BCUT2D eigenvalue weighted by Crippen LogP contribution is 2.31. The highest BCUT2D eigenvalue weighted by Gasteiger charge is 2.15. The van der Waals surface area contributed by atoms with Crippen molar-refractivity contribution in [1.82, 2.24) is 10.1 Å². The van der Waals surface area contributed by atoms with Crippen LogP contribution in [0.3, 0.4) is 0 Å². The number of benzene rings is 3. The Morgan fingerprint density at radius 1 is 0.970 bits per heavy atom. The quantitative estimate of drug-likeness (QED) is 0.385. The minimum Gasteiger partial charge on any atom is -0.394 e. The predicted octanol–water partition coefficient (Wildman–Crippen LogP) is 4.81. The zero-order chi connectivity index (χ0) is 23.2. The van der Waals surface area contributed by atoms with E-state index in [2.05, 4.69) is 35.3 Å². The summed E-state index contributed by atoms with van der Waals surface area (Å²) in [7, 11) is 1.69. The summed E-state index contributed by atoms with van der Waals surface area (Å²) in [5.41, 5.74) is 7.26. The summed E-state index contributed by atoms with van der Waals surface area (Å²) in [6, 6.07) is 22.2. The highest BCUT2D eigenvalue weighted by molar-refractivity contribution is 5.74. The Balaban J connectivity index is 1.61. The van der Waals surface area contributed by atoms with Crippen LogP contribution in [0.2, 0.25) is 0 Å². The van der Waals surface area contributed by atoms with Gasteiger partial charge in [0.2, 0.25) is 5.82 Å². The van der Waals surface area contributed by atoms with Gasteiger partial charge in [-0.2, -0.15) is 4.98 Å². The molecule has 6 heteroatoms. The second-order valence-corrected chi connectivity index (χ2v) is 8.12. The lowest BCUT2D eigenvalue weighted by Crippen LogP contribution is -2.12. The van der Waals surface area contributed by atoms with E-state index < -0.39 is 6.10 Å². The number of aromatic nitrogens is 2. The maximum Gasteiger partial charge on any atom is 0.258 e. The van der Waals surface area contributed by atoms with Crippen LogP contribution in [0, 0.1) is 6.92 Å². The van der Waals surface area contributed by atoms with E-state index >= 15 is 0 Å². The third kappa shape index (κ3) is 5.37. The van der Waals surface area contributed by atoms with E-state index in [1.807, 2.05) is 48.5 Å². The maximum absolute atomic E-state index is 9.60. The minimum atomic E-state index is -0.714. The van der Waals surface area contributed by atoms with Crippen molar-refractivity contribution < 1.29 is 19.5 Å². The standard InChI is InChI=1S/C27H28N2O4/c1-18-6-3-4-9-24(18)25-13-11-21(15-22(25)17-32-2)27-28-26(29-33-27)20-8-5-7-19(14-20)10-12-23(31)16-30/h3-9,11,13-15,23,30-31H,10,12,16-17H2,1-2H3. The molecule has 4 rings (SSSR count). The van der Waals surface area contributed by atoms with Gasteiger partial charge in [0.15, 0.2) is 0 Å². The van der Waals surface area contributed by atoms with Gasteiger partial charge in [-0.25, -0.2) is 0 Å². The number of methoxy groups -OCH3 is 1. The average molecular weight is 445 g/mol. The van der Waals surface area contributed by atoms with Crippen LogP contribution in [0.15, 0.2) is 71.3 Å². The van der Waals surface area contributed by atoms with Crippen molar-refractivity contribution in [2.45, 2.75) is 32.5 Å². The normalized spacial score (nSPS) is 12.1. The van der Waals surface area contributed by atoms with E-state index in [1.54, 1.807) is 7.11 Å². The van der Waals surface area contributed by atoms with Gasteiger partial charge in [0.1, 0.15) is 0 Å². The number of nitrogens with zero attached hydrogens (tertiary/aromatic N) is 2. The van der Waals surface area contributed by atoms with Crippen LogP contribution < -0.4 is 0 Å². The fourth-order valence-electron chi connectivity index (χ4n) is 3.89. The molecule has 33 heavy (non-hydrogen) atoms. The average Bonchev–Trinajstić information content (AvgIpc) is 3.34. The Morgan fingerprint density at radius 3 is 2.61 bits per heavy atom. The largest absolute Gasteiger partial charge is 0.394 e. The van der Waals surface area contributed by atoms with E-state index in [0.717, 1.165) is 27.8 Å². The first-order valence-corrected chi connectivity index (χ1v) is 11.0. The topological polar surface area (TPSA) is 88.6 Å². The second kappa shape index (κ2) is 10.5. The summed E-state index contributed by atoms with van der Waals surface area (Å²) in [5, 5.41) is 22.8. The van der Waals surface area contributed by atoms with Crippen LogP contribution in [-0.4, -0.2) is 40.2 Å². The van der Waals surface area contributed by atoms with E-state index in [-0.39, 0.29) is 6.61 Å². The van der Waals surface area contributed by atoms with Crippen molar-refractivity contribution in [1.29, 1.82) is 0 Å². The molecule has 0 spiro atoms. The molecule has 0 radical (unpaired) electrons. The van der Waals surface area contributed by atoms with Crippen molar-refractivity contribution >= 4 is 0 Å². The van der Waals surface area contributed by atoms with Crippen LogP contribution in [-0.2, 0) is 17.8 Å². The Labute approximate surface area is 193 Å². The van der Waals surface area contributed by atoms with E-state index in [1.165, 1.54) is 11.1 Å². The number of hydrogen-bond donors (Lipinski definition) is 2. The van der Waals surface area contributed by atoms with Crippen molar-refractivity contribution in [2.75, 3.05) is 13.7 Å². The first kappa shape index (κ1) is 22.9. The summed E-state index contributed by atoms with van der Waals surface area (Å²) in [6.07, 6.45) is 0.433. The van der Waals surface area contributed by atoms with Gasteiger partial charge in [-0.1, -0.05) is 53.7 Å². The van der Waals surface area contributed by atoms with E-state index in [0.29, 0.717) is 31.2 Å². The molecule has 0 amide bonds. The second-order valence-electron chi connectivity index (χ2n) is 8.12. The highest BCUT2D eigenvalue weighted by atomic mass is 16.5. The van der Waals surface area contributed by atoms with Crippen LogP contribution >= 0.6 is 0 Å². The molecule has 0 saturated heterocycles. The number of rotatable bonds is 9. The van der Waals surface area contributed by atoms with Gasteiger partial charge in [0, 0.05) is 18.2 Å². The predicted molar refractivity (Wildman–Crippen MR) is 127 cm³/mol. The number of ether oxygens (including phenoxy) is 1. The van der Waals surface area contributed by atoms with Gasteiger partial charge >= 0.3 is 0 Å². The molecular formula is C27H28N2O4. The molecule has 0 saturated carbocycles. The summed E-state index contributed by atoms with van der Waals surface area (Å²) in [6.45, 7) is 2.34. The van der Waals surface area contributed by atoms with Gasteiger partial charge in [-0.3, -0.25) is 0 Å². The van der Waals surface area contributed by atoms with Crippen LogP contribution in [0.25, 0.3) is 34.0 Å². The van der Waals surface area contributed by atoms with Crippen molar-refractivity contribution in [3.63, 3.8) is 0 Å². The molecule has 0 aliphatic carbocycles. The molecule has 2 N–H and O–H groups in total. The molecule has 170 valence electrons. The number of aliphatic hydroxyl groups excluding tert-OH is 2. The van der Waals surface area contributed by atoms with Crippen molar-refractivity contribution in [2.24, 2.45) is 0 Å². The van der Waals surface area contributed by atoms with Crippen molar-refractivity contribution in [3.05, 3.63) is 83.4 Å².